The van der Waals surface area contributed by atoms with Gasteiger partial charge >= 0.3 is 0 Å². The molecule has 0 aliphatic heterocycles. The van der Waals surface area contributed by atoms with Crippen LogP contribution in [-0.2, 0) is 10.8 Å². The number of benzene rings is 19. The van der Waals surface area contributed by atoms with Gasteiger partial charge in [0.05, 0.1) is 10.8 Å². The second-order valence-electron chi connectivity index (χ2n) is 31.7. The quantitative estimate of drug-likeness (QED) is 0.109. The van der Waals surface area contributed by atoms with Crippen molar-refractivity contribution in [2.75, 3.05) is 9.80 Å². The number of rotatable bonds is 14. The molecule has 24 rings (SSSR count). The van der Waals surface area contributed by atoms with Gasteiger partial charge < -0.3 is 23.1 Å². The molecule has 3 heterocycles. The van der Waals surface area contributed by atoms with Gasteiger partial charge in [-0.15, -0.1) is 0 Å². The monoisotopic (exact) mass is 1540 g/mol. The highest BCUT2D eigenvalue weighted by Gasteiger charge is 2.48. The van der Waals surface area contributed by atoms with Crippen molar-refractivity contribution in [2.45, 2.75) is 10.8 Å². The molecule has 0 fully saturated rings. The van der Waals surface area contributed by atoms with Crippen LogP contribution >= 0.6 is 0 Å². The minimum absolute atomic E-state index is 0.472. The molecule has 3 aromatic heterocycles. The first-order valence-corrected chi connectivity index (χ1v) is 41.5. The molecule has 0 radical (unpaired) electrons. The molecule has 0 saturated carbocycles. The summed E-state index contributed by atoms with van der Waals surface area (Å²) in [6.45, 7) is 0. The molecule has 5 nitrogen and oxygen atoms in total. The van der Waals surface area contributed by atoms with Crippen LogP contribution in [0, 0.1) is 0 Å². The smallest absolute Gasteiger partial charge is 0.137 e. The Kier molecular flexibility index (Phi) is 17.0. The van der Waals surface area contributed by atoms with E-state index in [-0.39, 0.29) is 0 Å². The minimum Gasteiger partial charge on any atom is -0.456 e. The molecular formula is C116H76N2O3. The molecule has 22 aromatic rings. The van der Waals surface area contributed by atoms with Crippen LogP contribution in [0.3, 0.4) is 0 Å². The largest absolute Gasteiger partial charge is 0.456 e. The van der Waals surface area contributed by atoms with Crippen LogP contribution in [-0.4, -0.2) is 0 Å². The third-order valence-electron chi connectivity index (χ3n) is 25.1. The summed E-state index contributed by atoms with van der Waals surface area (Å²) in [5.41, 5.74) is 35.2. The molecule has 568 valence electrons. The number of anilines is 6. The topological polar surface area (TPSA) is 45.9 Å². The zero-order chi connectivity index (χ0) is 80.0. The first-order valence-electron chi connectivity index (χ1n) is 41.5. The SMILES string of the molecule is c1ccc(-c2ccc(N(c3cccc(-c4ccccc4)c3)c3cccc(-c4ccc5oc6cc(C7(c8ccccc8)c8ccccc8-c8ccccc87)ccc6c5c4)c3)cc2)cc1.c1ccc(N(c2ccc(-c3ccc4oc5cc(C6(c7ccccc7)c7ccccc7-c7ccccc76)ccc5c4c3)cc2)c2ccc3c(c2)oc2ccccc23)cc1. The van der Waals surface area contributed by atoms with Gasteiger partial charge in [0.1, 0.15) is 33.5 Å². The zero-order valence-corrected chi connectivity index (χ0v) is 66.0. The Morgan fingerprint density at radius 2 is 0.430 bits per heavy atom. The third-order valence-corrected chi connectivity index (χ3v) is 25.1. The average molecular weight is 1550 g/mol. The second kappa shape index (κ2) is 29.1. The maximum atomic E-state index is 6.76. The Bertz CT molecular complexity index is 7610. The van der Waals surface area contributed by atoms with Gasteiger partial charge in [-0.1, -0.05) is 340 Å². The highest BCUT2D eigenvalue weighted by atomic mass is 16.3. The Labute approximate surface area is 701 Å². The van der Waals surface area contributed by atoms with E-state index in [9.17, 15) is 0 Å². The van der Waals surface area contributed by atoms with Crippen LogP contribution in [0.1, 0.15) is 44.5 Å². The number of fused-ring (bicyclic) bond motifs is 15. The Morgan fingerprint density at radius 1 is 0.149 bits per heavy atom. The van der Waals surface area contributed by atoms with Crippen molar-refractivity contribution in [1.82, 2.24) is 0 Å². The van der Waals surface area contributed by atoms with Gasteiger partial charge in [-0.05, 0) is 227 Å². The number of hydrogen-bond donors (Lipinski definition) is 0. The lowest BCUT2D eigenvalue weighted by molar-refractivity contribution is 0.665. The molecule has 0 amide bonds. The van der Waals surface area contributed by atoms with E-state index < -0.39 is 10.8 Å². The number of furan rings is 3. The van der Waals surface area contributed by atoms with Crippen molar-refractivity contribution in [1.29, 1.82) is 0 Å². The summed E-state index contributed by atoms with van der Waals surface area (Å²) in [7, 11) is 0. The van der Waals surface area contributed by atoms with Crippen molar-refractivity contribution in [3.63, 3.8) is 0 Å². The molecule has 0 atom stereocenters. The number of para-hydroxylation sites is 2. The van der Waals surface area contributed by atoms with E-state index in [2.05, 4.69) is 459 Å². The lowest BCUT2D eigenvalue weighted by Crippen LogP contribution is -2.28. The van der Waals surface area contributed by atoms with Crippen LogP contribution in [0.2, 0.25) is 0 Å². The van der Waals surface area contributed by atoms with Crippen molar-refractivity contribution in [3.05, 3.63) is 506 Å². The lowest BCUT2D eigenvalue weighted by atomic mass is 9.67. The van der Waals surface area contributed by atoms with Crippen molar-refractivity contribution < 1.29 is 13.3 Å². The third kappa shape index (κ3) is 11.8. The Morgan fingerprint density at radius 3 is 0.909 bits per heavy atom. The number of nitrogens with zero attached hydrogens (tertiary/aromatic N) is 2. The molecule has 2 aliphatic carbocycles. The van der Waals surface area contributed by atoms with Gasteiger partial charge in [-0.3, -0.25) is 0 Å². The van der Waals surface area contributed by atoms with Gasteiger partial charge in [0, 0.05) is 72.5 Å². The molecule has 0 saturated heterocycles. The summed E-state index contributed by atoms with van der Waals surface area (Å²) in [4.78, 5) is 4.64. The molecular weight excluding hydrogens is 1470 g/mol. The van der Waals surface area contributed by atoms with Gasteiger partial charge in [-0.2, -0.15) is 0 Å². The van der Waals surface area contributed by atoms with Crippen LogP contribution in [0.25, 0.3) is 133 Å². The summed E-state index contributed by atoms with van der Waals surface area (Å²) in [5, 5.41) is 6.66. The molecule has 19 aromatic carbocycles. The molecule has 0 bridgehead atoms. The summed E-state index contributed by atoms with van der Waals surface area (Å²) in [6.07, 6.45) is 0. The lowest BCUT2D eigenvalue weighted by Gasteiger charge is -2.33. The van der Waals surface area contributed by atoms with E-state index >= 15 is 0 Å². The highest BCUT2D eigenvalue weighted by molar-refractivity contribution is 6.10. The highest BCUT2D eigenvalue weighted by Crippen LogP contribution is 2.59. The summed E-state index contributed by atoms with van der Waals surface area (Å²) in [6, 6.07) is 166. The predicted molar refractivity (Wildman–Crippen MR) is 500 cm³/mol. The fourth-order valence-electron chi connectivity index (χ4n) is 19.6. The van der Waals surface area contributed by atoms with Crippen molar-refractivity contribution in [2.24, 2.45) is 0 Å². The average Bonchev–Trinajstić information content (AvgIpc) is 1.54. The minimum atomic E-state index is -0.485. The van der Waals surface area contributed by atoms with Gasteiger partial charge in [0.15, 0.2) is 0 Å². The summed E-state index contributed by atoms with van der Waals surface area (Å²) in [5.74, 6) is 0. The fourth-order valence-corrected chi connectivity index (χ4v) is 19.6. The maximum absolute atomic E-state index is 6.76. The standard InChI is InChI=1S/C61H41NO.C55H35NO2/c1-4-16-42(17-5-1)44-30-34-50(35-31-44)62(51-24-14-20-45(38-51)43-18-6-2-7-19-43)52-25-15-21-46(39-52)47-32-37-59-56(40-47)55-36-33-49(41-60(55)63-59)61(48-22-8-3-9-23-48)57-28-12-10-26-53(57)54-27-11-13-29-58(54)61;1-3-13-38(14-4-1)55(49-20-10-7-17-43(49)44-18-8-11-21-50(44)55)39-26-30-47-48-33-37(25-32-52(48)58-53(47)34-39)36-23-27-41(28-24-36)56(40-15-5-2-6-16-40)42-29-31-46-45-19-9-12-22-51(45)57-54(46)35-42/h1-41H;1-35H. The van der Waals surface area contributed by atoms with E-state index in [1.54, 1.807) is 0 Å². The Hall–Kier alpha value is -15.8. The summed E-state index contributed by atoms with van der Waals surface area (Å²) >= 11 is 0. The molecule has 0 N–H and O–H groups in total. The van der Waals surface area contributed by atoms with E-state index in [0.717, 1.165) is 122 Å². The Balaban J connectivity index is 0.000000141. The molecule has 2 aliphatic rings. The van der Waals surface area contributed by atoms with E-state index in [0.29, 0.717) is 0 Å². The second-order valence-corrected chi connectivity index (χ2v) is 31.7. The zero-order valence-electron chi connectivity index (χ0n) is 66.0. The first-order chi connectivity index (χ1) is 60.0. The first kappa shape index (κ1) is 70.6. The van der Waals surface area contributed by atoms with Gasteiger partial charge in [0.25, 0.3) is 0 Å². The molecule has 0 unspecified atom stereocenters. The van der Waals surface area contributed by atoms with Gasteiger partial charge in [0.2, 0.25) is 0 Å². The summed E-state index contributed by atoms with van der Waals surface area (Å²) < 4.78 is 19.7. The molecule has 121 heavy (non-hydrogen) atoms. The van der Waals surface area contributed by atoms with Gasteiger partial charge in [-0.25, -0.2) is 0 Å². The van der Waals surface area contributed by atoms with Crippen LogP contribution in [0.15, 0.2) is 474 Å². The van der Waals surface area contributed by atoms with E-state index in [1.807, 2.05) is 12.1 Å². The fraction of sp³-hybridized carbons (Fsp3) is 0.0172. The maximum Gasteiger partial charge on any atom is 0.137 e. The van der Waals surface area contributed by atoms with E-state index in [4.69, 9.17) is 13.3 Å². The normalized spacial score (nSPS) is 12.8. The molecule has 0 spiro atoms. The van der Waals surface area contributed by atoms with Crippen molar-refractivity contribution in [3.8, 4) is 66.8 Å². The molecule has 5 heteroatoms. The van der Waals surface area contributed by atoms with Crippen LogP contribution in [0.5, 0.6) is 0 Å². The van der Waals surface area contributed by atoms with E-state index in [1.165, 1.54) is 89.0 Å². The predicted octanol–water partition coefficient (Wildman–Crippen LogP) is 31.4. The number of hydrogen-bond acceptors (Lipinski definition) is 5. The van der Waals surface area contributed by atoms with Crippen LogP contribution < -0.4 is 9.80 Å². The van der Waals surface area contributed by atoms with Crippen molar-refractivity contribution >= 4 is 99.9 Å². The van der Waals surface area contributed by atoms with Crippen LogP contribution in [0.4, 0.5) is 34.1 Å².